The van der Waals surface area contributed by atoms with Gasteiger partial charge in [-0.15, -0.1) is 0 Å². The highest BCUT2D eigenvalue weighted by molar-refractivity contribution is 4.44. The van der Waals surface area contributed by atoms with Crippen molar-refractivity contribution in [2.75, 3.05) is 13.2 Å². The van der Waals surface area contributed by atoms with Crippen molar-refractivity contribution in [1.82, 2.24) is 0 Å². The summed E-state index contributed by atoms with van der Waals surface area (Å²) in [6.45, 7) is 10.9. The van der Waals surface area contributed by atoms with Gasteiger partial charge in [0.2, 0.25) is 0 Å². The van der Waals surface area contributed by atoms with Gasteiger partial charge in [0.05, 0.1) is 0 Å². The first-order chi connectivity index (χ1) is 10.8. The third kappa shape index (κ3) is 28.2. The molecular weight excluding hydrogens is 268 g/mol. The molecule has 0 aliphatic rings. The molecule has 0 spiro atoms. The van der Waals surface area contributed by atoms with Crippen LogP contribution in [0.25, 0.3) is 0 Å². The number of hydrogen-bond donors (Lipinski definition) is 0. The molecule has 0 radical (unpaired) electrons. The second-order valence-electron chi connectivity index (χ2n) is 6.50. The lowest BCUT2D eigenvalue weighted by Gasteiger charge is -2.03. The Labute approximate surface area is 142 Å². The maximum Gasteiger partial charge on any atom is 0.0466 e. The molecule has 0 rings (SSSR count). The number of unbranched alkanes of at least 4 members (excludes halogenated alkanes) is 12. The zero-order valence-electron chi connectivity index (χ0n) is 16.4. The first-order valence-electron chi connectivity index (χ1n) is 10.4. The average molecular weight is 315 g/mol. The van der Waals surface area contributed by atoms with Crippen LogP contribution < -0.4 is 0 Å². The Morgan fingerprint density at radius 1 is 0.364 bits per heavy atom. The van der Waals surface area contributed by atoms with Gasteiger partial charge in [0.1, 0.15) is 0 Å². The second kappa shape index (κ2) is 25.9. The van der Waals surface area contributed by atoms with Crippen LogP contribution in [0.5, 0.6) is 0 Å². The molecule has 1 heteroatoms. The predicted octanol–water partition coefficient (Wildman–Crippen LogP) is 7.92. The predicted molar refractivity (Wildman–Crippen MR) is 103 cm³/mol. The molecular formula is C21H46O. The van der Waals surface area contributed by atoms with Gasteiger partial charge >= 0.3 is 0 Å². The first kappa shape index (κ1) is 24.2. The lowest BCUT2D eigenvalue weighted by Crippen LogP contribution is -1.96. The van der Waals surface area contributed by atoms with E-state index in [0.717, 1.165) is 13.2 Å². The summed E-state index contributed by atoms with van der Waals surface area (Å²) >= 11 is 0. The molecule has 1 nitrogen and oxygen atoms in total. The average Bonchev–Trinajstić information content (AvgIpc) is 2.54. The van der Waals surface area contributed by atoms with E-state index in [1.807, 2.05) is 0 Å². The van der Waals surface area contributed by atoms with E-state index >= 15 is 0 Å². The summed E-state index contributed by atoms with van der Waals surface area (Å²) in [5, 5.41) is 0. The molecule has 0 bridgehead atoms. The summed E-state index contributed by atoms with van der Waals surface area (Å²) in [4.78, 5) is 0. The van der Waals surface area contributed by atoms with Crippen molar-refractivity contribution >= 4 is 0 Å². The molecule has 136 valence electrons. The summed E-state index contributed by atoms with van der Waals surface area (Å²) < 4.78 is 5.50. The highest BCUT2D eigenvalue weighted by Crippen LogP contribution is 2.07. The minimum Gasteiger partial charge on any atom is -0.381 e. The molecule has 0 aromatic carbocycles. The molecule has 0 fully saturated rings. The SMILES string of the molecule is CCCCCCCC.CCCCCCCCCOCCCC. The van der Waals surface area contributed by atoms with E-state index in [2.05, 4.69) is 27.7 Å². The maximum atomic E-state index is 5.50. The molecule has 0 saturated carbocycles. The summed E-state index contributed by atoms with van der Waals surface area (Å²) in [5.41, 5.74) is 0. The van der Waals surface area contributed by atoms with Gasteiger partial charge in [-0.1, -0.05) is 111 Å². The van der Waals surface area contributed by atoms with Crippen LogP contribution in [0.2, 0.25) is 0 Å². The van der Waals surface area contributed by atoms with E-state index in [0.29, 0.717) is 0 Å². The fourth-order valence-corrected chi connectivity index (χ4v) is 2.36. The van der Waals surface area contributed by atoms with Gasteiger partial charge in [0.25, 0.3) is 0 Å². The number of ether oxygens (including phenoxy) is 1. The van der Waals surface area contributed by atoms with E-state index in [4.69, 9.17) is 4.74 Å². The summed E-state index contributed by atoms with van der Waals surface area (Å²) in [5.74, 6) is 0. The summed E-state index contributed by atoms with van der Waals surface area (Å²) in [6, 6.07) is 0. The van der Waals surface area contributed by atoms with E-state index in [1.165, 1.54) is 96.3 Å². The second-order valence-corrected chi connectivity index (χ2v) is 6.50. The topological polar surface area (TPSA) is 9.23 Å². The fraction of sp³-hybridized carbons (Fsp3) is 1.00. The van der Waals surface area contributed by atoms with Gasteiger partial charge in [-0.2, -0.15) is 0 Å². The van der Waals surface area contributed by atoms with Crippen LogP contribution in [-0.4, -0.2) is 13.2 Å². The van der Waals surface area contributed by atoms with Gasteiger partial charge in [-0.25, -0.2) is 0 Å². The summed E-state index contributed by atoms with van der Waals surface area (Å²) in [7, 11) is 0. The van der Waals surface area contributed by atoms with Gasteiger partial charge in [0, 0.05) is 13.2 Å². The Morgan fingerprint density at radius 3 is 1.09 bits per heavy atom. The maximum absolute atomic E-state index is 5.50. The number of hydrogen-bond acceptors (Lipinski definition) is 1. The fourth-order valence-electron chi connectivity index (χ4n) is 2.36. The molecule has 0 heterocycles. The molecule has 0 saturated heterocycles. The van der Waals surface area contributed by atoms with E-state index in [9.17, 15) is 0 Å². The smallest absolute Gasteiger partial charge is 0.0466 e. The van der Waals surface area contributed by atoms with Gasteiger partial charge in [0.15, 0.2) is 0 Å². The molecule has 22 heavy (non-hydrogen) atoms. The highest BCUT2D eigenvalue weighted by Gasteiger charge is 1.91. The molecule has 0 aromatic rings. The Kier molecular flexibility index (Phi) is 28.5. The van der Waals surface area contributed by atoms with Crippen LogP contribution in [0.1, 0.15) is 124 Å². The minimum absolute atomic E-state index is 0.965. The van der Waals surface area contributed by atoms with Crippen LogP contribution in [0.3, 0.4) is 0 Å². The molecule has 0 aliphatic carbocycles. The molecule has 0 amide bonds. The highest BCUT2D eigenvalue weighted by atomic mass is 16.5. The Bertz CT molecular complexity index is 138. The zero-order chi connectivity index (χ0) is 16.7. The Hall–Kier alpha value is -0.0400. The Morgan fingerprint density at radius 2 is 0.682 bits per heavy atom. The molecule has 0 aromatic heterocycles. The van der Waals surface area contributed by atoms with Crippen molar-refractivity contribution < 1.29 is 4.74 Å². The monoisotopic (exact) mass is 314 g/mol. The van der Waals surface area contributed by atoms with Crippen molar-refractivity contribution in [3.05, 3.63) is 0 Å². The molecule has 0 atom stereocenters. The van der Waals surface area contributed by atoms with Crippen LogP contribution in [-0.2, 0) is 4.74 Å². The van der Waals surface area contributed by atoms with Crippen molar-refractivity contribution in [1.29, 1.82) is 0 Å². The van der Waals surface area contributed by atoms with E-state index < -0.39 is 0 Å². The normalized spacial score (nSPS) is 10.4. The van der Waals surface area contributed by atoms with Crippen LogP contribution in [0, 0.1) is 0 Å². The standard InChI is InChI=1S/C13H28O.C8H18/c1-3-5-7-8-9-10-11-13-14-12-6-4-2;1-3-5-7-8-6-4-2/h3-13H2,1-2H3;3-8H2,1-2H3. The van der Waals surface area contributed by atoms with Crippen LogP contribution >= 0.6 is 0 Å². The third-order valence-corrected chi connectivity index (χ3v) is 3.99. The van der Waals surface area contributed by atoms with Crippen LogP contribution in [0.15, 0.2) is 0 Å². The molecule has 0 unspecified atom stereocenters. The van der Waals surface area contributed by atoms with Crippen molar-refractivity contribution in [3.63, 3.8) is 0 Å². The van der Waals surface area contributed by atoms with Crippen molar-refractivity contribution in [2.24, 2.45) is 0 Å². The Balaban J connectivity index is 0. The third-order valence-electron chi connectivity index (χ3n) is 3.99. The van der Waals surface area contributed by atoms with Gasteiger partial charge in [-0.3, -0.25) is 0 Å². The lowest BCUT2D eigenvalue weighted by atomic mass is 10.1. The first-order valence-corrected chi connectivity index (χ1v) is 10.4. The quantitative estimate of drug-likeness (QED) is 0.263. The number of rotatable bonds is 16. The molecule has 0 N–H and O–H groups in total. The van der Waals surface area contributed by atoms with Gasteiger partial charge in [-0.05, 0) is 12.8 Å². The van der Waals surface area contributed by atoms with Crippen LogP contribution in [0.4, 0.5) is 0 Å². The molecule has 0 aliphatic heterocycles. The lowest BCUT2D eigenvalue weighted by molar-refractivity contribution is 0.127. The van der Waals surface area contributed by atoms with E-state index in [-0.39, 0.29) is 0 Å². The van der Waals surface area contributed by atoms with Crippen molar-refractivity contribution in [2.45, 2.75) is 124 Å². The zero-order valence-corrected chi connectivity index (χ0v) is 16.4. The minimum atomic E-state index is 0.965. The summed E-state index contributed by atoms with van der Waals surface area (Å²) in [6.07, 6.45) is 20.6. The van der Waals surface area contributed by atoms with E-state index in [1.54, 1.807) is 0 Å². The largest absolute Gasteiger partial charge is 0.381 e. The van der Waals surface area contributed by atoms with Gasteiger partial charge < -0.3 is 4.74 Å². The van der Waals surface area contributed by atoms with Crippen molar-refractivity contribution in [3.8, 4) is 0 Å².